The Labute approximate surface area is 155 Å². The van der Waals surface area contributed by atoms with Crippen molar-refractivity contribution in [2.45, 2.75) is 45.1 Å². The lowest BCUT2D eigenvalue weighted by Crippen LogP contribution is -2.35. The van der Waals surface area contributed by atoms with Crippen molar-refractivity contribution in [1.29, 1.82) is 0 Å². The number of rotatable bonds is 5. The third-order valence-electron chi connectivity index (χ3n) is 5.26. The number of hydrogen-bond acceptors (Lipinski definition) is 4. The van der Waals surface area contributed by atoms with Crippen molar-refractivity contribution in [2.75, 3.05) is 26.2 Å². The number of carbonyl (C=O) groups excluding carboxylic acids is 2. The van der Waals surface area contributed by atoms with Gasteiger partial charge in [0.1, 0.15) is 0 Å². The van der Waals surface area contributed by atoms with Crippen molar-refractivity contribution in [3.63, 3.8) is 0 Å². The van der Waals surface area contributed by atoms with Crippen LogP contribution in [0.4, 0.5) is 0 Å². The van der Waals surface area contributed by atoms with Crippen LogP contribution in [0.5, 0.6) is 0 Å². The van der Waals surface area contributed by atoms with E-state index in [0.717, 1.165) is 51.0 Å². The molecule has 1 aromatic rings. The summed E-state index contributed by atoms with van der Waals surface area (Å²) in [4.78, 5) is 31.0. The lowest BCUT2D eigenvalue weighted by atomic mass is 9.98. The maximum Gasteiger partial charge on any atom is 0.223 e. The smallest absolute Gasteiger partial charge is 0.223 e. The van der Waals surface area contributed by atoms with Crippen molar-refractivity contribution in [3.8, 4) is 0 Å². The molecule has 2 N–H and O–H groups in total. The molecule has 1 saturated heterocycles. The molecule has 26 heavy (non-hydrogen) atoms. The number of carbonyl (C=O) groups is 2. The Morgan fingerprint density at radius 3 is 2.92 bits per heavy atom. The maximum atomic E-state index is 12.5. The average molecular weight is 358 g/mol. The second-order valence-electron chi connectivity index (χ2n) is 7.55. The van der Waals surface area contributed by atoms with E-state index >= 15 is 0 Å². The minimum Gasteiger partial charge on any atom is -0.356 e. The average Bonchev–Trinajstić information content (AvgIpc) is 3.47. The van der Waals surface area contributed by atoms with Gasteiger partial charge in [0.15, 0.2) is 0 Å². The number of pyridine rings is 1. The molecule has 1 atom stereocenters. The molecule has 0 radical (unpaired) electrons. The van der Waals surface area contributed by atoms with Gasteiger partial charge in [0.2, 0.25) is 11.8 Å². The SMILES string of the molecule is O=C1CCN(Cc2cccnc2)CCCC(C(=O)NCC2CC2)CCN1. The van der Waals surface area contributed by atoms with Crippen molar-refractivity contribution in [1.82, 2.24) is 20.5 Å². The van der Waals surface area contributed by atoms with Gasteiger partial charge < -0.3 is 10.6 Å². The minimum atomic E-state index is -0.00704. The van der Waals surface area contributed by atoms with E-state index in [4.69, 9.17) is 0 Å². The molecule has 0 spiro atoms. The zero-order valence-electron chi connectivity index (χ0n) is 15.5. The molecule has 0 bridgehead atoms. The molecule has 1 aromatic heterocycles. The monoisotopic (exact) mass is 358 g/mol. The summed E-state index contributed by atoms with van der Waals surface area (Å²) in [7, 11) is 0. The van der Waals surface area contributed by atoms with Crippen LogP contribution in [0.3, 0.4) is 0 Å². The summed E-state index contributed by atoms with van der Waals surface area (Å²) in [6.45, 7) is 3.82. The summed E-state index contributed by atoms with van der Waals surface area (Å²) in [5, 5.41) is 6.07. The number of nitrogens with one attached hydrogen (secondary N) is 2. The standard InChI is InChI=1S/C20H30N4O2/c25-19-8-12-24(15-17-3-1-9-21-13-17)11-2-4-18(7-10-22-19)20(26)23-14-16-5-6-16/h1,3,9,13,16,18H,2,4-8,10-12,14-15H2,(H,22,25)(H,23,26). The molecular weight excluding hydrogens is 328 g/mol. The first-order valence-corrected chi connectivity index (χ1v) is 9.86. The Bertz CT molecular complexity index is 589. The van der Waals surface area contributed by atoms with E-state index in [0.29, 0.717) is 18.9 Å². The summed E-state index contributed by atoms with van der Waals surface area (Å²) in [5.74, 6) is 0.910. The largest absolute Gasteiger partial charge is 0.356 e. The van der Waals surface area contributed by atoms with Gasteiger partial charge in [-0.1, -0.05) is 6.07 Å². The van der Waals surface area contributed by atoms with Gasteiger partial charge in [-0.15, -0.1) is 0 Å². The summed E-state index contributed by atoms with van der Waals surface area (Å²) < 4.78 is 0. The highest BCUT2D eigenvalue weighted by Crippen LogP contribution is 2.27. The summed E-state index contributed by atoms with van der Waals surface area (Å²) in [6, 6.07) is 4.00. The van der Waals surface area contributed by atoms with Crippen molar-refractivity contribution in [3.05, 3.63) is 30.1 Å². The topological polar surface area (TPSA) is 74.3 Å². The molecule has 1 aliphatic carbocycles. The molecule has 0 aromatic carbocycles. The summed E-state index contributed by atoms with van der Waals surface area (Å²) in [5.41, 5.74) is 1.15. The zero-order valence-corrected chi connectivity index (χ0v) is 15.5. The maximum absolute atomic E-state index is 12.5. The van der Waals surface area contributed by atoms with Gasteiger partial charge in [0.05, 0.1) is 0 Å². The normalized spacial score (nSPS) is 22.9. The van der Waals surface area contributed by atoms with Crippen molar-refractivity contribution < 1.29 is 9.59 Å². The Morgan fingerprint density at radius 2 is 2.15 bits per heavy atom. The van der Waals surface area contributed by atoms with E-state index in [1.165, 1.54) is 12.8 Å². The zero-order chi connectivity index (χ0) is 18.2. The highest BCUT2D eigenvalue weighted by molar-refractivity contribution is 5.79. The molecule has 1 unspecified atom stereocenters. The van der Waals surface area contributed by atoms with Crippen LogP contribution in [-0.2, 0) is 16.1 Å². The molecule has 2 heterocycles. The van der Waals surface area contributed by atoms with Crippen molar-refractivity contribution >= 4 is 11.8 Å². The molecule has 2 fully saturated rings. The van der Waals surface area contributed by atoms with Gasteiger partial charge in [0.25, 0.3) is 0 Å². The van der Waals surface area contributed by atoms with E-state index in [-0.39, 0.29) is 17.7 Å². The molecule has 6 nitrogen and oxygen atoms in total. The van der Waals surface area contributed by atoms with Gasteiger partial charge in [-0.05, 0) is 56.2 Å². The summed E-state index contributed by atoms with van der Waals surface area (Å²) in [6.07, 6.45) is 9.19. The predicted molar refractivity (Wildman–Crippen MR) is 100 cm³/mol. The fraction of sp³-hybridized carbons (Fsp3) is 0.650. The third kappa shape index (κ3) is 6.41. The van der Waals surface area contributed by atoms with E-state index < -0.39 is 0 Å². The first kappa shape index (κ1) is 18.8. The fourth-order valence-electron chi connectivity index (χ4n) is 3.43. The summed E-state index contributed by atoms with van der Waals surface area (Å²) >= 11 is 0. The van der Waals surface area contributed by atoms with Crippen molar-refractivity contribution in [2.24, 2.45) is 11.8 Å². The van der Waals surface area contributed by atoms with Gasteiger partial charge in [-0.25, -0.2) is 0 Å². The molecule has 3 rings (SSSR count). The van der Waals surface area contributed by atoms with Gasteiger partial charge >= 0.3 is 0 Å². The van der Waals surface area contributed by atoms with Crippen LogP contribution < -0.4 is 10.6 Å². The molecule has 1 aliphatic heterocycles. The van der Waals surface area contributed by atoms with E-state index in [1.54, 1.807) is 6.20 Å². The number of aromatic nitrogens is 1. The van der Waals surface area contributed by atoms with Gasteiger partial charge in [0, 0.05) is 50.9 Å². The minimum absolute atomic E-state index is 0.00704. The van der Waals surface area contributed by atoms with E-state index in [9.17, 15) is 9.59 Å². The Kier molecular flexibility index (Phi) is 7.00. The molecule has 142 valence electrons. The van der Waals surface area contributed by atoms with Crippen LogP contribution in [-0.4, -0.2) is 47.9 Å². The molecule has 1 saturated carbocycles. The second-order valence-corrected chi connectivity index (χ2v) is 7.55. The van der Waals surface area contributed by atoms with Crippen LogP contribution in [0, 0.1) is 11.8 Å². The van der Waals surface area contributed by atoms with Crippen LogP contribution in [0.2, 0.25) is 0 Å². The quantitative estimate of drug-likeness (QED) is 0.840. The second kappa shape index (κ2) is 9.67. The van der Waals surface area contributed by atoms with Crippen LogP contribution in [0.1, 0.15) is 44.1 Å². The van der Waals surface area contributed by atoms with Crippen LogP contribution >= 0.6 is 0 Å². The van der Waals surface area contributed by atoms with Gasteiger partial charge in [-0.3, -0.25) is 19.5 Å². The Hall–Kier alpha value is -1.95. The Balaban J connectivity index is 1.54. The Morgan fingerprint density at radius 1 is 1.27 bits per heavy atom. The number of nitrogens with zero attached hydrogens (tertiary/aromatic N) is 2. The molecule has 2 aliphatic rings. The van der Waals surface area contributed by atoms with Crippen LogP contribution in [0.15, 0.2) is 24.5 Å². The number of hydrogen-bond donors (Lipinski definition) is 2. The molecular formula is C20H30N4O2. The number of amides is 2. The first-order valence-electron chi connectivity index (χ1n) is 9.86. The molecule has 2 amide bonds. The molecule has 6 heteroatoms. The van der Waals surface area contributed by atoms with E-state index in [1.807, 2.05) is 12.3 Å². The van der Waals surface area contributed by atoms with Gasteiger partial charge in [-0.2, -0.15) is 0 Å². The highest BCUT2D eigenvalue weighted by atomic mass is 16.2. The third-order valence-corrected chi connectivity index (χ3v) is 5.26. The van der Waals surface area contributed by atoms with E-state index in [2.05, 4.69) is 26.6 Å². The first-order chi connectivity index (χ1) is 12.7. The fourth-order valence-corrected chi connectivity index (χ4v) is 3.43. The lowest BCUT2D eigenvalue weighted by Gasteiger charge is -2.22. The predicted octanol–water partition coefficient (Wildman–Crippen LogP) is 1.72. The highest BCUT2D eigenvalue weighted by Gasteiger charge is 2.25. The lowest BCUT2D eigenvalue weighted by molar-refractivity contribution is -0.126. The van der Waals surface area contributed by atoms with Crippen LogP contribution in [0.25, 0.3) is 0 Å².